The van der Waals surface area contributed by atoms with Crippen LogP contribution in [-0.4, -0.2) is 6.61 Å². The molecule has 0 radical (unpaired) electrons. The summed E-state index contributed by atoms with van der Waals surface area (Å²) in [6.45, 7) is 7.04. The third-order valence-electron chi connectivity index (χ3n) is 0.996. The fourth-order valence-corrected chi connectivity index (χ4v) is 0.648. The molecule has 54 valence electrons. The van der Waals surface area contributed by atoms with Gasteiger partial charge in [-0.05, 0) is 0 Å². The summed E-state index contributed by atoms with van der Waals surface area (Å²) in [6.07, 6.45) is 0.977. The Morgan fingerprint density at radius 3 is 2.33 bits per heavy atom. The molecule has 0 fully saturated rings. The van der Waals surface area contributed by atoms with E-state index in [0.29, 0.717) is 12.0 Å². The zero-order valence-corrected chi connectivity index (χ0v) is 7.57. The molecular weight excluding hydrogens is 155 g/mol. The van der Waals surface area contributed by atoms with E-state index in [4.69, 9.17) is 3.66 Å². The van der Waals surface area contributed by atoms with E-state index in [9.17, 15) is 3.67 Å². The fourth-order valence-electron chi connectivity index (χ4n) is 0.389. The van der Waals surface area contributed by atoms with Crippen molar-refractivity contribution in [2.24, 2.45) is 5.41 Å². The van der Waals surface area contributed by atoms with Crippen LogP contribution in [-0.2, 0) is 23.9 Å². The number of rotatable bonds is 3. The van der Waals surface area contributed by atoms with E-state index in [0.717, 1.165) is 6.42 Å². The molecule has 0 aromatic heterocycles. The van der Waals surface area contributed by atoms with Crippen LogP contribution in [0.2, 0.25) is 0 Å². The van der Waals surface area contributed by atoms with Crippen molar-refractivity contribution in [2.75, 3.05) is 6.61 Å². The Morgan fingerprint density at radius 2 is 2.00 bits per heavy atom. The molecule has 0 aliphatic rings. The van der Waals surface area contributed by atoms with Crippen LogP contribution in [0.25, 0.3) is 0 Å². The maximum atomic E-state index is 9.89. The van der Waals surface area contributed by atoms with Gasteiger partial charge in [0.05, 0.1) is 0 Å². The molecule has 9 heavy (non-hydrogen) atoms. The van der Waals surface area contributed by atoms with Gasteiger partial charge >= 0.3 is 63.1 Å². The summed E-state index contributed by atoms with van der Waals surface area (Å²) in [6, 6.07) is 0. The van der Waals surface area contributed by atoms with Crippen LogP contribution in [0.15, 0.2) is 0 Å². The standard InChI is InChI=1S/C6H13O.O.V/c1-6(2,3)4-5-7;;/h4-5H2,1-3H3;;/q-1;;+1. The Morgan fingerprint density at radius 1 is 1.44 bits per heavy atom. The first-order chi connectivity index (χ1) is 4.06. The van der Waals surface area contributed by atoms with Gasteiger partial charge in [-0.3, -0.25) is 0 Å². The Labute approximate surface area is 63.6 Å². The monoisotopic (exact) mass is 168 g/mol. The van der Waals surface area contributed by atoms with Gasteiger partial charge in [-0.25, -0.2) is 0 Å². The molecule has 0 aromatic carbocycles. The van der Waals surface area contributed by atoms with Gasteiger partial charge in [0.2, 0.25) is 0 Å². The van der Waals surface area contributed by atoms with E-state index in [1.165, 1.54) is 0 Å². The third kappa shape index (κ3) is 8.34. The van der Waals surface area contributed by atoms with Crippen molar-refractivity contribution in [3.05, 3.63) is 0 Å². The van der Waals surface area contributed by atoms with Crippen LogP contribution in [0, 0.1) is 5.41 Å². The van der Waals surface area contributed by atoms with Gasteiger partial charge < -0.3 is 0 Å². The molecular formula is C6H13O2V. The second kappa shape index (κ2) is 4.21. The van der Waals surface area contributed by atoms with Crippen molar-refractivity contribution < 1.29 is 23.9 Å². The first kappa shape index (κ1) is 9.34. The SMILES string of the molecule is CC(C)(C)CC[O][V]=[O]. The topological polar surface area (TPSA) is 26.3 Å². The van der Waals surface area contributed by atoms with E-state index in [2.05, 4.69) is 20.8 Å². The van der Waals surface area contributed by atoms with Crippen LogP contribution in [0.1, 0.15) is 27.2 Å². The summed E-state index contributed by atoms with van der Waals surface area (Å²) in [5.74, 6) is 0. The Kier molecular flexibility index (Phi) is 4.37. The average Bonchev–Trinajstić information content (AvgIpc) is 1.63. The Hall–Kier alpha value is 0.344. The van der Waals surface area contributed by atoms with Crippen LogP contribution < -0.4 is 0 Å². The normalized spacial score (nSPS) is 11.4. The van der Waals surface area contributed by atoms with Gasteiger partial charge in [0.1, 0.15) is 0 Å². The first-order valence-electron chi connectivity index (χ1n) is 3.01. The van der Waals surface area contributed by atoms with Crippen molar-refractivity contribution in [1.29, 1.82) is 0 Å². The van der Waals surface area contributed by atoms with Crippen molar-refractivity contribution in [3.8, 4) is 0 Å². The first-order valence-corrected chi connectivity index (χ1v) is 4.15. The molecule has 0 unspecified atom stereocenters. The predicted molar refractivity (Wildman–Crippen MR) is 30.7 cm³/mol. The second-order valence-corrected chi connectivity index (χ2v) is 3.85. The predicted octanol–water partition coefficient (Wildman–Crippen LogP) is 1.78. The van der Waals surface area contributed by atoms with Crippen molar-refractivity contribution in [1.82, 2.24) is 0 Å². The minimum atomic E-state index is -1.08. The Bertz CT molecular complexity index is 85.5. The number of hydrogen-bond acceptors (Lipinski definition) is 2. The molecule has 3 heteroatoms. The average molecular weight is 168 g/mol. The minimum absolute atomic E-state index is 0.302. The van der Waals surface area contributed by atoms with E-state index in [-0.39, 0.29) is 0 Å². The molecule has 0 amide bonds. The fraction of sp³-hybridized carbons (Fsp3) is 1.00. The van der Waals surface area contributed by atoms with Crippen LogP contribution in [0.3, 0.4) is 0 Å². The van der Waals surface area contributed by atoms with Gasteiger partial charge in [-0.1, -0.05) is 0 Å². The third-order valence-corrected chi connectivity index (χ3v) is 1.45. The quantitative estimate of drug-likeness (QED) is 0.600. The van der Waals surface area contributed by atoms with Gasteiger partial charge in [-0.2, -0.15) is 0 Å². The summed E-state index contributed by atoms with van der Waals surface area (Å²) < 4.78 is 14.6. The summed E-state index contributed by atoms with van der Waals surface area (Å²) >= 11 is -1.08. The molecule has 0 rings (SSSR count). The van der Waals surface area contributed by atoms with Gasteiger partial charge in [-0.15, -0.1) is 0 Å². The van der Waals surface area contributed by atoms with Crippen LogP contribution in [0.5, 0.6) is 0 Å². The molecule has 0 saturated carbocycles. The molecule has 0 aliphatic carbocycles. The van der Waals surface area contributed by atoms with Gasteiger partial charge in [0.25, 0.3) is 0 Å². The molecule has 0 atom stereocenters. The molecule has 0 heterocycles. The van der Waals surface area contributed by atoms with E-state index in [1.54, 1.807) is 0 Å². The zero-order chi connectivity index (χ0) is 7.33. The van der Waals surface area contributed by atoms with E-state index < -0.39 is 16.6 Å². The number of hydrogen-bond donors (Lipinski definition) is 0. The van der Waals surface area contributed by atoms with Crippen molar-refractivity contribution in [2.45, 2.75) is 27.2 Å². The summed E-state index contributed by atoms with van der Waals surface area (Å²) in [7, 11) is 0. The van der Waals surface area contributed by atoms with Crippen LogP contribution in [0.4, 0.5) is 0 Å². The molecule has 0 bridgehead atoms. The summed E-state index contributed by atoms with van der Waals surface area (Å²) in [5, 5.41) is 0. The maximum absolute atomic E-state index is 9.89. The van der Waals surface area contributed by atoms with E-state index >= 15 is 0 Å². The molecule has 0 spiro atoms. The van der Waals surface area contributed by atoms with Crippen LogP contribution >= 0.6 is 0 Å². The molecule has 0 aromatic rings. The Balaban J connectivity index is 3.17. The molecule has 0 N–H and O–H groups in total. The molecule has 2 nitrogen and oxygen atoms in total. The summed E-state index contributed by atoms with van der Waals surface area (Å²) in [5.41, 5.74) is 0.302. The summed E-state index contributed by atoms with van der Waals surface area (Å²) in [4.78, 5) is 0. The van der Waals surface area contributed by atoms with Crippen molar-refractivity contribution in [3.63, 3.8) is 0 Å². The van der Waals surface area contributed by atoms with E-state index in [1.807, 2.05) is 0 Å². The zero-order valence-electron chi connectivity index (χ0n) is 6.18. The second-order valence-electron chi connectivity index (χ2n) is 3.22. The van der Waals surface area contributed by atoms with Crippen molar-refractivity contribution >= 4 is 0 Å². The molecule has 0 saturated heterocycles. The van der Waals surface area contributed by atoms with Gasteiger partial charge in [0.15, 0.2) is 0 Å². The molecule has 0 aliphatic heterocycles. The van der Waals surface area contributed by atoms with Gasteiger partial charge in [0, 0.05) is 0 Å².